The third kappa shape index (κ3) is 6.39. The highest BCUT2D eigenvalue weighted by Gasteiger charge is 2.05. The van der Waals surface area contributed by atoms with Crippen molar-refractivity contribution in [3.8, 4) is 5.75 Å². The number of aromatic nitrogens is 1. The van der Waals surface area contributed by atoms with Crippen LogP contribution >= 0.6 is 0 Å². The molecule has 0 atom stereocenters. The van der Waals surface area contributed by atoms with Crippen LogP contribution < -0.4 is 15.4 Å². The summed E-state index contributed by atoms with van der Waals surface area (Å²) in [6, 6.07) is 10.4. The maximum absolute atomic E-state index is 5.74. The number of nitrogens with zero attached hydrogens (tertiary/aromatic N) is 2. The Hall–Kier alpha value is -2.56. The third-order valence-electron chi connectivity index (χ3n) is 3.95. The molecule has 1 aromatic carbocycles. The van der Waals surface area contributed by atoms with Gasteiger partial charge in [0, 0.05) is 30.5 Å². The van der Waals surface area contributed by atoms with E-state index < -0.39 is 0 Å². The first-order valence-corrected chi connectivity index (χ1v) is 9.28. The van der Waals surface area contributed by atoms with E-state index in [1.807, 2.05) is 26.1 Å². The Balaban J connectivity index is 1.96. The average Bonchev–Trinajstić information content (AvgIpc) is 2.63. The fourth-order valence-corrected chi connectivity index (χ4v) is 2.56. The molecule has 0 unspecified atom stereocenters. The van der Waals surface area contributed by atoms with Crippen molar-refractivity contribution in [1.82, 2.24) is 15.6 Å². The standard InChI is InChI=1S/C21H30N4O/c1-5-22-21(23-12-11-18-9-8-17(4)24-14-18)25-15-19-10-7-16(3)13-20(19)26-6-2/h7-10,13-14H,5-6,11-12,15H2,1-4H3,(H2,22,23,25). The molecule has 1 heterocycles. The fourth-order valence-electron chi connectivity index (χ4n) is 2.56. The number of rotatable bonds is 8. The SMILES string of the molecule is CCNC(=NCc1ccc(C)cc1OCC)NCCc1ccc(C)nc1. The monoisotopic (exact) mass is 354 g/mol. The Bertz CT molecular complexity index is 710. The number of benzene rings is 1. The second-order valence-electron chi connectivity index (χ2n) is 6.22. The number of hydrogen-bond donors (Lipinski definition) is 2. The zero-order valence-electron chi connectivity index (χ0n) is 16.3. The molecule has 2 N–H and O–H groups in total. The summed E-state index contributed by atoms with van der Waals surface area (Å²) in [5.41, 5.74) is 4.55. The molecule has 0 amide bonds. The molecule has 5 heteroatoms. The van der Waals surface area contributed by atoms with Crippen LogP contribution in [0, 0.1) is 13.8 Å². The van der Waals surface area contributed by atoms with E-state index in [0.29, 0.717) is 13.2 Å². The molecule has 0 fully saturated rings. The lowest BCUT2D eigenvalue weighted by Crippen LogP contribution is -2.38. The van der Waals surface area contributed by atoms with Crippen LogP contribution in [-0.2, 0) is 13.0 Å². The smallest absolute Gasteiger partial charge is 0.191 e. The molecule has 0 saturated carbocycles. The highest BCUT2D eigenvalue weighted by molar-refractivity contribution is 5.79. The largest absolute Gasteiger partial charge is 0.494 e. The first kappa shape index (κ1) is 19.8. The van der Waals surface area contributed by atoms with Gasteiger partial charge in [0.1, 0.15) is 5.75 Å². The Labute approximate surface area is 156 Å². The van der Waals surface area contributed by atoms with Crippen molar-refractivity contribution < 1.29 is 4.74 Å². The maximum atomic E-state index is 5.74. The molecular weight excluding hydrogens is 324 g/mol. The molecule has 0 bridgehead atoms. The van der Waals surface area contributed by atoms with Gasteiger partial charge in [-0.3, -0.25) is 4.98 Å². The van der Waals surface area contributed by atoms with E-state index in [1.54, 1.807) is 0 Å². The fraction of sp³-hybridized carbons (Fsp3) is 0.429. The van der Waals surface area contributed by atoms with Crippen LogP contribution in [0.25, 0.3) is 0 Å². The van der Waals surface area contributed by atoms with Gasteiger partial charge in [-0.25, -0.2) is 4.99 Å². The zero-order valence-corrected chi connectivity index (χ0v) is 16.3. The van der Waals surface area contributed by atoms with Crippen LogP contribution in [0.1, 0.15) is 36.2 Å². The molecule has 0 aliphatic carbocycles. The topological polar surface area (TPSA) is 58.5 Å². The molecule has 0 aliphatic heterocycles. The van der Waals surface area contributed by atoms with Gasteiger partial charge in [0.25, 0.3) is 0 Å². The van der Waals surface area contributed by atoms with E-state index in [1.165, 1.54) is 11.1 Å². The number of aryl methyl sites for hydroxylation is 2. The van der Waals surface area contributed by atoms with Crippen LogP contribution in [0.4, 0.5) is 0 Å². The Morgan fingerprint density at radius 3 is 2.65 bits per heavy atom. The first-order chi connectivity index (χ1) is 12.6. The maximum Gasteiger partial charge on any atom is 0.191 e. The van der Waals surface area contributed by atoms with Crippen LogP contribution in [0.3, 0.4) is 0 Å². The summed E-state index contributed by atoms with van der Waals surface area (Å²) in [4.78, 5) is 9.04. The van der Waals surface area contributed by atoms with E-state index in [-0.39, 0.29) is 0 Å². The summed E-state index contributed by atoms with van der Waals surface area (Å²) in [7, 11) is 0. The summed E-state index contributed by atoms with van der Waals surface area (Å²) in [6.45, 7) is 11.0. The van der Waals surface area contributed by atoms with Crippen molar-refractivity contribution in [3.05, 3.63) is 58.9 Å². The van der Waals surface area contributed by atoms with Crippen molar-refractivity contribution in [2.75, 3.05) is 19.7 Å². The number of pyridine rings is 1. The second kappa shape index (κ2) is 10.4. The van der Waals surface area contributed by atoms with Crippen LogP contribution in [0.2, 0.25) is 0 Å². The summed E-state index contributed by atoms with van der Waals surface area (Å²) in [5, 5.41) is 6.68. The molecule has 2 rings (SSSR count). The minimum Gasteiger partial charge on any atom is -0.494 e. The van der Waals surface area contributed by atoms with Crippen LogP contribution in [0.15, 0.2) is 41.5 Å². The van der Waals surface area contributed by atoms with Gasteiger partial charge in [0.05, 0.1) is 13.2 Å². The first-order valence-electron chi connectivity index (χ1n) is 9.28. The predicted octanol–water partition coefficient (Wildman–Crippen LogP) is 3.39. The van der Waals surface area contributed by atoms with E-state index in [2.05, 4.69) is 53.7 Å². The Morgan fingerprint density at radius 1 is 1.12 bits per heavy atom. The van der Waals surface area contributed by atoms with Crippen molar-refractivity contribution in [2.24, 2.45) is 4.99 Å². The highest BCUT2D eigenvalue weighted by atomic mass is 16.5. The van der Waals surface area contributed by atoms with Gasteiger partial charge in [0.15, 0.2) is 5.96 Å². The normalized spacial score (nSPS) is 11.3. The van der Waals surface area contributed by atoms with Gasteiger partial charge in [-0.05, 0) is 57.4 Å². The average molecular weight is 354 g/mol. The lowest BCUT2D eigenvalue weighted by atomic mass is 10.1. The van der Waals surface area contributed by atoms with Crippen molar-refractivity contribution >= 4 is 5.96 Å². The molecule has 2 aromatic rings. The van der Waals surface area contributed by atoms with E-state index in [0.717, 1.165) is 42.5 Å². The lowest BCUT2D eigenvalue weighted by molar-refractivity contribution is 0.336. The van der Waals surface area contributed by atoms with Gasteiger partial charge in [-0.2, -0.15) is 0 Å². The van der Waals surface area contributed by atoms with Gasteiger partial charge in [-0.1, -0.05) is 18.2 Å². The molecule has 26 heavy (non-hydrogen) atoms. The second-order valence-corrected chi connectivity index (χ2v) is 6.22. The number of aliphatic imine (C=N–C) groups is 1. The van der Waals surface area contributed by atoms with Crippen LogP contribution in [-0.4, -0.2) is 30.6 Å². The number of ether oxygens (including phenoxy) is 1. The zero-order chi connectivity index (χ0) is 18.8. The molecule has 0 saturated heterocycles. The summed E-state index contributed by atoms with van der Waals surface area (Å²) in [5.74, 6) is 1.73. The molecule has 0 aliphatic rings. The predicted molar refractivity (Wildman–Crippen MR) is 108 cm³/mol. The number of hydrogen-bond acceptors (Lipinski definition) is 3. The van der Waals surface area contributed by atoms with E-state index in [4.69, 9.17) is 9.73 Å². The minimum absolute atomic E-state index is 0.580. The molecule has 1 aromatic heterocycles. The van der Waals surface area contributed by atoms with Gasteiger partial charge in [-0.15, -0.1) is 0 Å². The Kier molecular flexibility index (Phi) is 7.93. The van der Waals surface area contributed by atoms with Crippen molar-refractivity contribution in [1.29, 1.82) is 0 Å². The molecule has 5 nitrogen and oxygen atoms in total. The van der Waals surface area contributed by atoms with E-state index >= 15 is 0 Å². The quantitative estimate of drug-likeness (QED) is 0.563. The lowest BCUT2D eigenvalue weighted by Gasteiger charge is -2.13. The number of guanidine groups is 1. The molecule has 0 radical (unpaired) electrons. The summed E-state index contributed by atoms with van der Waals surface area (Å²) in [6.07, 6.45) is 2.84. The molecule has 0 spiro atoms. The minimum atomic E-state index is 0.580. The Morgan fingerprint density at radius 2 is 1.96 bits per heavy atom. The van der Waals surface area contributed by atoms with E-state index in [9.17, 15) is 0 Å². The molecule has 140 valence electrons. The molecular formula is C21H30N4O. The van der Waals surface area contributed by atoms with Gasteiger partial charge >= 0.3 is 0 Å². The summed E-state index contributed by atoms with van der Waals surface area (Å²) < 4.78 is 5.74. The number of nitrogens with one attached hydrogen (secondary N) is 2. The highest BCUT2D eigenvalue weighted by Crippen LogP contribution is 2.21. The van der Waals surface area contributed by atoms with Gasteiger partial charge < -0.3 is 15.4 Å². The van der Waals surface area contributed by atoms with Crippen molar-refractivity contribution in [3.63, 3.8) is 0 Å². The van der Waals surface area contributed by atoms with Crippen molar-refractivity contribution in [2.45, 2.75) is 40.7 Å². The van der Waals surface area contributed by atoms with Gasteiger partial charge in [0.2, 0.25) is 0 Å². The van der Waals surface area contributed by atoms with Crippen LogP contribution in [0.5, 0.6) is 5.75 Å². The summed E-state index contributed by atoms with van der Waals surface area (Å²) >= 11 is 0. The third-order valence-corrected chi connectivity index (χ3v) is 3.95.